The number of amides is 2. The molecular weight excluding hydrogens is 407 g/mol. The SMILES string of the molecule is O=C(NC1Cc2ccccc2NC1=O)c1ccccc1-c1cc(-c2ccc(F)cc2)[nH]n1. The number of aromatic nitrogens is 2. The molecule has 1 aliphatic heterocycles. The molecule has 0 aliphatic carbocycles. The molecule has 2 heterocycles. The van der Waals surface area contributed by atoms with Crippen LogP contribution >= 0.6 is 0 Å². The predicted octanol–water partition coefficient (Wildman–Crippen LogP) is 4.18. The Hall–Kier alpha value is -4.26. The summed E-state index contributed by atoms with van der Waals surface area (Å²) in [7, 11) is 0. The minimum Gasteiger partial charge on any atom is -0.340 e. The van der Waals surface area contributed by atoms with E-state index in [1.165, 1.54) is 12.1 Å². The van der Waals surface area contributed by atoms with Crippen LogP contribution in [0.1, 0.15) is 15.9 Å². The summed E-state index contributed by atoms with van der Waals surface area (Å²) < 4.78 is 13.2. The molecule has 1 aromatic heterocycles. The fourth-order valence-electron chi connectivity index (χ4n) is 3.85. The van der Waals surface area contributed by atoms with Crippen molar-refractivity contribution in [1.82, 2.24) is 15.5 Å². The topological polar surface area (TPSA) is 86.9 Å². The first-order valence-corrected chi connectivity index (χ1v) is 10.2. The van der Waals surface area contributed by atoms with E-state index in [0.717, 1.165) is 16.8 Å². The number of hydrogen-bond donors (Lipinski definition) is 3. The zero-order chi connectivity index (χ0) is 22.1. The maximum Gasteiger partial charge on any atom is 0.252 e. The zero-order valence-corrected chi connectivity index (χ0v) is 16.9. The van der Waals surface area contributed by atoms with E-state index in [-0.39, 0.29) is 17.6 Å². The number of hydrogen-bond acceptors (Lipinski definition) is 3. The molecule has 5 rings (SSSR count). The maximum atomic E-state index is 13.2. The molecular formula is C25H19FN4O2. The average Bonchev–Trinajstić information content (AvgIpc) is 3.30. The molecule has 2 amide bonds. The molecule has 1 atom stereocenters. The summed E-state index contributed by atoms with van der Waals surface area (Å²) in [6, 6.07) is 21.8. The highest BCUT2D eigenvalue weighted by atomic mass is 19.1. The lowest BCUT2D eigenvalue weighted by Crippen LogP contribution is -2.47. The Labute approximate surface area is 183 Å². The van der Waals surface area contributed by atoms with Gasteiger partial charge in [-0.2, -0.15) is 5.10 Å². The summed E-state index contributed by atoms with van der Waals surface area (Å²) in [5.41, 5.74) is 4.86. The van der Waals surface area contributed by atoms with Gasteiger partial charge in [0.2, 0.25) is 5.91 Å². The number of aromatic amines is 1. The van der Waals surface area contributed by atoms with Gasteiger partial charge in [-0.15, -0.1) is 0 Å². The summed E-state index contributed by atoms with van der Waals surface area (Å²) in [4.78, 5) is 25.6. The molecule has 158 valence electrons. The van der Waals surface area contributed by atoms with Crippen LogP contribution in [-0.4, -0.2) is 28.1 Å². The number of nitrogens with one attached hydrogen (secondary N) is 3. The second kappa shape index (κ2) is 8.11. The number of H-pyrrole nitrogens is 1. The summed E-state index contributed by atoms with van der Waals surface area (Å²) in [6.45, 7) is 0. The molecule has 0 bridgehead atoms. The monoisotopic (exact) mass is 426 g/mol. The smallest absolute Gasteiger partial charge is 0.252 e. The van der Waals surface area contributed by atoms with Crippen LogP contribution in [0.2, 0.25) is 0 Å². The molecule has 0 fully saturated rings. The van der Waals surface area contributed by atoms with E-state index in [0.29, 0.717) is 28.9 Å². The second-order valence-corrected chi connectivity index (χ2v) is 7.60. The molecule has 0 saturated carbocycles. The normalized spacial score (nSPS) is 15.0. The number of halogens is 1. The largest absolute Gasteiger partial charge is 0.340 e. The van der Waals surface area contributed by atoms with Gasteiger partial charge in [-0.05, 0) is 53.6 Å². The van der Waals surface area contributed by atoms with Crippen molar-refractivity contribution in [1.29, 1.82) is 0 Å². The van der Waals surface area contributed by atoms with Crippen molar-refractivity contribution in [3.8, 4) is 22.5 Å². The third kappa shape index (κ3) is 3.76. The fourth-order valence-corrected chi connectivity index (χ4v) is 3.85. The Morgan fingerprint density at radius 2 is 1.75 bits per heavy atom. The van der Waals surface area contributed by atoms with Gasteiger partial charge >= 0.3 is 0 Å². The van der Waals surface area contributed by atoms with Gasteiger partial charge in [0.1, 0.15) is 11.9 Å². The van der Waals surface area contributed by atoms with Crippen LogP contribution in [0.25, 0.3) is 22.5 Å². The summed E-state index contributed by atoms with van der Waals surface area (Å²) in [5.74, 6) is -0.913. The first-order chi connectivity index (χ1) is 15.6. The van der Waals surface area contributed by atoms with Gasteiger partial charge in [-0.3, -0.25) is 14.7 Å². The maximum absolute atomic E-state index is 13.2. The van der Waals surface area contributed by atoms with Crippen molar-refractivity contribution in [2.45, 2.75) is 12.5 Å². The summed E-state index contributed by atoms with van der Waals surface area (Å²) in [5, 5.41) is 13.0. The quantitative estimate of drug-likeness (QED) is 0.458. The number of para-hydroxylation sites is 1. The van der Waals surface area contributed by atoms with Gasteiger partial charge in [0.15, 0.2) is 0 Å². The molecule has 0 radical (unpaired) electrons. The summed E-state index contributed by atoms with van der Waals surface area (Å²) in [6.07, 6.45) is 0.424. The van der Waals surface area contributed by atoms with Crippen LogP contribution in [0, 0.1) is 5.82 Å². The predicted molar refractivity (Wildman–Crippen MR) is 119 cm³/mol. The molecule has 1 unspecified atom stereocenters. The van der Waals surface area contributed by atoms with Gasteiger partial charge in [0.05, 0.1) is 11.4 Å². The van der Waals surface area contributed by atoms with Crippen LogP contribution in [0.5, 0.6) is 0 Å². The first kappa shape index (κ1) is 19.7. The third-order valence-electron chi connectivity index (χ3n) is 5.50. The second-order valence-electron chi connectivity index (χ2n) is 7.60. The van der Waals surface area contributed by atoms with E-state index >= 15 is 0 Å². The van der Waals surface area contributed by atoms with Crippen molar-refractivity contribution >= 4 is 17.5 Å². The van der Waals surface area contributed by atoms with Gasteiger partial charge in [0.25, 0.3) is 5.91 Å². The van der Waals surface area contributed by atoms with Crippen LogP contribution in [-0.2, 0) is 11.2 Å². The number of fused-ring (bicyclic) bond motifs is 1. The van der Waals surface area contributed by atoms with Crippen LogP contribution in [0.15, 0.2) is 78.9 Å². The molecule has 1 aliphatic rings. The lowest BCUT2D eigenvalue weighted by Gasteiger charge is -2.25. The molecule has 3 aromatic carbocycles. The van der Waals surface area contributed by atoms with Crippen molar-refractivity contribution in [3.05, 3.63) is 95.8 Å². The molecule has 3 N–H and O–H groups in total. The standard InChI is InChI=1S/C25H19FN4O2/c26-17-11-9-15(10-12-17)21-14-22(30-29-21)18-6-2-3-7-19(18)24(31)28-23-13-16-5-1-4-8-20(16)27-25(23)32/h1-12,14,23H,13H2,(H,27,32)(H,28,31)(H,29,30). The molecule has 7 heteroatoms. The van der Waals surface area contributed by atoms with Gasteiger partial charge < -0.3 is 10.6 Å². The van der Waals surface area contributed by atoms with Crippen LogP contribution in [0.4, 0.5) is 10.1 Å². The van der Waals surface area contributed by atoms with Crippen molar-refractivity contribution < 1.29 is 14.0 Å². The number of benzene rings is 3. The third-order valence-corrected chi connectivity index (χ3v) is 5.50. The first-order valence-electron chi connectivity index (χ1n) is 10.2. The summed E-state index contributed by atoms with van der Waals surface area (Å²) >= 11 is 0. The Kier molecular flexibility index (Phi) is 4.99. The highest BCUT2D eigenvalue weighted by molar-refractivity contribution is 6.05. The molecule has 32 heavy (non-hydrogen) atoms. The number of carbonyl (C=O) groups excluding carboxylic acids is 2. The van der Waals surface area contributed by atoms with E-state index in [4.69, 9.17) is 0 Å². The van der Waals surface area contributed by atoms with E-state index in [1.807, 2.05) is 36.4 Å². The molecule has 0 saturated heterocycles. The van der Waals surface area contributed by atoms with Crippen LogP contribution in [0.3, 0.4) is 0 Å². The highest BCUT2D eigenvalue weighted by Gasteiger charge is 2.28. The Balaban J connectivity index is 1.40. The van der Waals surface area contributed by atoms with Crippen molar-refractivity contribution in [3.63, 3.8) is 0 Å². The molecule has 4 aromatic rings. The Bertz CT molecular complexity index is 1310. The zero-order valence-electron chi connectivity index (χ0n) is 16.9. The minimum atomic E-state index is -0.667. The van der Waals surface area contributed by atoms with E-state index in [2.05, 4.69) is 20.8 Å². The molecule has 6 nitrogen and oxygen atoms in total. The minimum absolute atomic E-state index is 0.243. The van der Waals surface area contributed by atoms with Gasteiger partial charge in [-0.1, -0.05) is 36.4 Å². The van der Waals surface area contributed by atoms with Crippen LogP contribution < -0.4 is 10.6 Å². The number of carbonyl (C=O) groups is 2. The lowest BCUT2D eigenvalue weighted by atomic mass is 9.98. The fraction of sp³-hybridized carbons (Fsp3) is 0.0800. The van der Waals surface area contributed by atoms with Gasteiger partial charge in [0, 0.05) is 23.2 Å². The lowest BCUT2D eigenvalue weighted by molar-refractivity contribution is -0.118. The Morgan fingerprint density at radius 3 is 2.59 bits per heavy atom. The van der Waals surface area contributed by atoms with E-state index in [1.54, 1.807) is 30.3 Å². The van der Waals surface area contributed by atoms with E-state index < -0.39 is 6.04 Å². The van der Waals surface area contributed by atoms with E-state index in [9.17, 15) is 14.0 Å². The highest BCUT2D eigenvalue weighted by Crippen LogP contribution is 2.27. The van der Waals surface area contributed by atoms with Gasteiger partial charge in [-0.25, -0.2) is 4.39 Å². The van der Waals surface area contributed by atoms with Crippen molar-refractivity contribution in [2.75, 3.05) is 5.32 Å². The molecule has 0 spiro atoms. The Morgan fingerprint density at radius 1 is 1.00 bits per heavy atom. The average molecular weight is 426 g/mol. The number of rotatable bonds is 4. The van der Waals surface area contributed by atoms with Crippen molar-refractivity contribution in [2.24, 2.45) is 0 Å². The number of nitrogens with zero attached hydrogens (tertiary/aromatic N) is 1. The number of anilines is 1.